The molecule has 0 aliphatic carbocycles. The Labute approximate surface area is 239 Å². The lowest BCUT2D eigenvalue weighted by atomic mass is 9.65. The molecule has 1 aromatic carbocycles. The molecule has 5 rings (SSSR count). The molecule has 41 heavy (non-hydrogen) atoms. The number of benzene rings is 1. The van der Waals surface area contributed by atoms with Gasteiger partial charge < -0.3 is 24.4 Å². The molecule has 2 unspecified atom stereocenters. The van der Waals surface area contributed by atoms with Gasteiger partial charge in [0.25, 0.3) is 0 Å². The molecule has 11 nitrogen and oxygen atoms in total. The van der Waals surface area contributed by atoms with E-state index in [1.54, 1.807) is 20.6 Å². The van der Waals surface area contributed by atoms with Gasteiger partial charge in [-0.15, -0.1) is 11.7 Å². The topological polar surface area (TPSA) is 127 Å². The number of aromatic nitrogens is 3. The second-order valence-electron chi connectivity index (χ2n) is 11.1. The molecule has 3 aliphatic heterocycles. The number of hydrogen-bond acceptors (Lipinski definition) is 8. The lowest BCUT2D eigenvalue weighted by Gasteiger charge is -2.36. The minimum Gasteiger partial charge on any atom is -0.461 e. The molecule has 2 amide bonds. The van der Waals surface area contributed by atoms with Crippen LogP contribution in [0.1, 0.15) is 45.4 Å². The van der Waals surface area contributed by atoms with Gasteiger partial charge in [0.15, 0.2) is 0 Å². The average molecular weight is 566 g/mol. The summed E-state index contributed by atoms with van der Waals surface area (Å²) in [6.07, 6.45) is 6.61. The number of likely N-dealkylation sites (tertiary alicyclic amines) is 1. The molecular formula is C30H39N5O6. The summed E-state index contributed by atoms with van der Waals surface area (Å²) in [5.41, 5.74) is -0.530. The Balaban J connectivity index is 1.52. The van der Waals surface area contributed by atoms with Crippen molar-refractivity contribution in [3.05, 3.63) is 49.6 Å². The number of esters is 1. The van der Waals surface area contributed by atoms with Crippen LogP contribution in [0.15, 0.2) is 49.6 Å². The van der Waals surface area contributed by atoms with E-state index in [0.717, 1.165) is 5.52 Å². The maximum Gasteiger partial charge on any atom is 0.313 e. The van der Waals surface area contributed by atoms with Crippen LogP contribution in [0.4, 0.5) is 0 Å². The molecule has 0 radical (unpaired) electrons. The van der Waals surface area contributed by atoms with E-state index in [1.807, 2.05) is 31.2 Å². The Hall–Kier alpha value is -3.57. The monoisotopic (exact) mass is 565 g/mol. The van der Waals surface area contributed by atoms with Gasteiger partial charge in [0, 0.05) is 19.7 Å². The number of para-hydroxylation sites is 1. The first-order chi connectivity index (χ1) is 19.9. The van der Waals surface area contributed by atoms with Crippen LogP contribution in [0.25, 0.3) is 11.0 Å². The van der Waals surface area contributed by atoms with Crippen molar-refractivity contribution < 1.29 is 29.0 Å². The summed E-state index contributed by atoms with van der Waals surface area (Å²) in [5.74, 6) is -2.66. The fourth-order valence-electron chi connectivity index (χ4n) is 7.13. The largest absolute Gasteiger partial charge is 0.461 e. The molecule has 1 N–H and O–H groups in total. The number of unbranched alkanes of at least 4 members (excludes halogenated alkanes) is 2. The second-order valence-corrected chi connectivity index (χ2v) is 11.1. The first kappa shape index (κ1) is 28.9. The Bertz CT molecular complexity index is 1330. The number of aliphatic hydroxyl groups is 1. The number of nitrogens with zero attached hydrogens (tertiary/aromatic N) is 5. The molecular weight excluding hydrogens is 526 g/mol. The minimum atomic E-state index is -1.15. The van der Waals surface area contributed by atoms with Gasteiger partial charge in [0.05, 0.1) is 17.0 Å². The molecule has 3 saturated heterocycles. The summed E-state index contributed by atoms with van der Waals surface area (Å²) in [6.45, 7) is 10.2. The van der Waals surface area contributed by atoms with E-state index in [0.29, 0.717) is 50.6 Å². The van der Waals surface area contributed by atoms with Crippen LogP contribution in [-0.2, 0) is 30.5 Å². The van der Waals surface area contributed by atoms with E-state index in [9.17, 15) is 19.5 Å². The van der Waals surface area contributed by atoms with Crippen LogP contribution < -0.4 is 0 Å². The number of carbonyl (C=O) groups is 3. The standard InChI is InChI=1S/C30H39N5O6/c1-4-16-33(20-35-22-13-9-8-12-21(22)31-32-35)27(38)25-30-15-14-29(6-3,41-30)24(28(39)40-19-5-2)23(30)26(37)34(25)17-10-7-11-18-36/h4-5,8-9,12-13,23-25,36H,1-2,6-7,10-11,14-20H2,3H3/t23-,24+,25?,29-,30?/m0/s1. The summed E-state index contributed by atoms with van der Waals surface area (Å²) < 4.78 is 13.9. The van der Waals surface area contributed by atoms with E-state index in [1.165, 1.54) is 6.08 Å². The van der Waals surface area contributed by atoms with Crippen molar-refractivity contribution >= 4 is 28.8 Å². The van der Waals surface area contributed by atoms with Crippen molar-refractivity contribution in [2.45, 2.75) is 69.4 Å². The number of aliphatic hydroxyl groups excluding tert-OH is 1. The summed E-state index contributed by atoms with van der Waals surface area (Å²) >= 11 is 0. The highest BCUT2D eigenvalue weighted by molar-refractivity contribution is 5.98. The van der Waals surface area contributed by atoms with Gasteiger partial charge in [0.1, 0.15) is 36.4 Å². The zero-order valence-electron chi connectivity index (χ0n) is 23.6. The van der Waals surface area contributed by atoms with E-state index in [-0.39, 0.29) is 38.2 Å². The third-order valence-electron chi connectivity index (χ3n) is 8.96. The smallest absolute Gasteiger partial charge is 0.313 e. The number of amides is 2. The number of fused-ring (bicyclic) bond motifs is 2. The highest BCUT2D eigenvalue weighted by Crippen LogP contribution is 2.64. The molecule has 0 saturated carbocycles. The van der Waals surface area contributed by atoms with Gasteiger partial charge in [-0.3, -0.25) is 14.4 Å². The molecule has 11 heteroatoms. The van der Waals surface area contributed by atoms with E-state index >= 15 is 0 Å². The molecule has 2 bridgehead atoms. The van der Waals surface area contributed by atoms with Crippen LogP contribution in [0.3, 0.4) is 0 Å². The molecule has 4 heterocycles. The predicted molar refractivity (Wildman–Crippen MR) is 150 cm³/mol. The van der Waals surface area contributed by atoms with Gasteiger partial charge in [-0.05, 0) is 50.7 Å². The highest BCUT2D eigenvalue weighted by Gasteiger charge is 2.79. The van der Waals surface area contributed by atoms with Crippen LogP contribution in [0.2, 0.25) is 0 Å². The lowest BCUT2D eigenvalue weighted by molar-refractivity contribution is -0.161. The van der Waals surface area contributed by atoms with Crippen LogP contribution >= 0.6 is 0 Å². The number of ether oxygens (including phenoxy) is 2. The second kappa shape index (κ2) is 11.7. The highest BCUT2D eigenvalue weighted by atomic mass is 16.6. The maximum atomic E-state index is 14.6. The van der Waals surface area contributed by atoms with Crippen LogP contribution in [0.5, 0.6) is 0 Å². The Morgan fingerprint density at radius 1 is 1.22 bits per heavy atom. The van der Waals surface area contributed by atoms with Gasteiger partial charge in [-0.2, -0.15) is 0 Å². The van der Waals surface area contributed by atoms with Gasteiger partial charge in [-0.1, -0.05) is 43.0 Å². The van der Waals surface area contributed by atoms with Crippen LogP contribution in [0, 0.1) is 11.8 Å². The Morgan fingerprint density at radius 3 is 2.76 bits per heavy atom. The number of hydrogen-bond donors (Lipinski definition) is 1. The van der Waals surface area contributed by atoms with Crippen molar-refractivity contribution in [2.24, 2.45) is 11.8 Å². The quantitative estimate of drug-likeness (QED) is 0.210. The maximum absolute atomic E-state index is 14.6. The SMILES string of the molecule is C=CCOC(=O)[C@H]1[C@H]2C(=O)N(CCCCCO)C(C(=O)N(CC=C)Cn3nnc4ccccc43)C23CC[C@]1(CC)O3. The van der Waals surface area contributed by atoms with Gasteiger partial charge >= 0.3 is 5.97 Å². The van der Waals surface area contributed by atoms with E-state index in [2.05, 4.69) is 23.5 Å². The first-order valence-corrected chi connectivity index (χ1v) is 14.4. The molecule has 3 aliphatic rings. The van der Waals surface area contributed by atoms with E-state index < -0.39 is 35.0 Å². The third kappa shape index (κ3) is 4.74. The molecule has 3 fully saturated rings. The van der Waals surface area contributed by atoms with Crippen LogP contribution in [-0.4, -0.2) is 91.2 Å². The lowest BCUT2D eigenvalue weighted by Crippen LogP contribution is -2.56. The zero-order valence-corrected chi connectivity index (χ0v) is 23.6. The summed E-state index contributed by atoms with van der Waals surface area (Å²) in [7, 11) is 0. The van der Waals surface area contributed by atoms with Crippen molar-refractivity contribution in [3.8, 4) is 0 Å². The Kier molecular flexibility index (Phi) is 8.28. The number of carbonyl (C=O) groups excluding carboxylic acids is 3. The molecule has 5 atom stereocenters. The molecule has 1 aromatic heterocycles. The third-order valence-corrected chi connectivity index (χ3v) is 8.96. The van der Waals surface area contributed by atoms with Crippen molar-refractivity contribution in [3.63, 3.8) is 0 Å². The fraction of sp³-hybridized carbons (Fsp3) is 0.567. The predicted octanol–water partition coefficient (Wildman–Crippen LogP) is 2.45. The first-order valence-electron chi connectivity index (χ1n) is 14.4. The van der Waals surface area contributed by atoms with Gasteiger partial charge in [-0.25, -0.2) is 4.68 Å². The Morgan fingerprint density at radius 2 is 2.02 bits per heavy atom. The summed E-state index contributed by atoms with van der Waals surface area (Å²) in [6, 6.07) is 6.58. The summed E-state index contributed by atoms with van der Waals surface area (Å²) in [4.78, 5) is 45.4. The van der Waals surface area contributed by atoms with Gasteiger partial charge in [0.2, 0.25) is 11.8 Å². The van der Waals surface area contributed by atoms with E-state index in [4.69, 9.17) is 9.47 Å². The van der Waals surface area contributed by atoms with Crippen molar-refractivity contribution in [1.82, 2.24) is 24.8 Å². The fourth-order valence-corrected chi connectivity index (χ4v) is 7.13. The molecule has 220 valence electrons. The molecule has 1 spiro atoms. The summed E-state index contributed by atoms with van der Waals surface area (Å²) in [5, 5.41) is 17.8. The normalized spacial score (nSPS) is 28.2. The number of rotatable bonds is 14. The average Bonchev–Trinajstić information content (AvgIpc) is 3.71. The zero-order chi connectivity index (χ0) is 29.2. The van der Waals surface area contributed by atoms with Crippen molar-refractivity contribution in [2.75, 3.05) is 26.3 Å². The minimum absolute atomic E-state index is 0.0370. The van der Waals surface area contributed by atoms with Crippen molar-refractivity contribution in [1.29, 1.82) is 0 Å². The molecule has 2 aromatic rings.